The number of amides is 1. The van der Waals surface area contributed by atoms with Crippen LogP contribution >= 0.6 is 11.6 Å². The molecule has 6 rings (SSSR count). The Labute approximate surface area is 213 Å². The minimum Gasteiger partial charge on any atom is -0.372 e. The first-order valence-electron chi connectivity index (χ1n) is 11.8. The summed E-state index contributed by atoms with van der Waals surface area (Å²) in [6.07, 6.45) is 5.64. The van der Waals surface area contributed by atoms with Crippen LogP contribution in [0.5, 0.6) is 0 Å². The van der Waals surface area contributed by atoms with Gasteiger partial charge in [-0.25, -0.2) is 9.97 Å². The number of anilines is 1. The summed E-state index contributed by atoms with van der Waals surface area (Å²) in [6, 6.07) is 13.3. The highest BCUT2D eigenvalue weighted by Crippen LogP contribution is 2.41. The van der Waals surface area contributed by atoms with Crippen LogP contribution in [0.25, 0.3) is 10.9 Å². The Hall–Kier alpha value is -3.86. The molecular formula is C28H22ClN5O2. The number of aromatic nitrogens is 3. The van der Waals surface area contributed by atoms with Gasteiger partial charge in [0.1, 0.15) is 16.9 Å². The topological polar surface area (TPSA) is 92.0 Å². The zero-order valence-corrected chi connectivity index (χ0v) is 20.4. The number of nitriles is 1. The predicted octanol–water partition coefficient (Wildman–Crippen LogP) is 5.61. The first kappa shape index (κ1) is 22.6. The van der Waals surface area contributed by atoms with Crippen LogP contribution in [0, 0.1) is 18.3 Å². The molecule has 36 heavy (non-hydrogen) atoms. The molecular weight excluding hydrogens is 474 g/mol. The minimum atomic E-state index is -0.210. The van der Waals surface area contributed by atoms with Crippen molar-refractivity contribution in [3.63, 3.8) is 0 Å². The number of fused-ring (bicyclic) bond motifs is 3. The Morgan fingerprint density at radius 2 is 1.97 bits per heavy atom. The number of pyridine rings is 3. The number of rotatable bonds is 5. The van der Waals surface area contributed by atoms with Crippen LogP contribution in [0.4, 0.5) is 5.69 Å². The van der Waals surface area contributed by atoms with Gasteiger partial charge in [-0.15, -0.1) is 0 Å². The number of aryl methyl sites for hydroxylation is 1. The second kappa shape index (κ2) is 8.98. The first-order valence-corrected chi connectivity index (χ1v) is 12.2. The number of halogens is 1. The van der Waals surface area contributed by atoms with E-state index in [1.54, 1.807) is 17.0 Å². The molecule has 7 nitrogen and oxygen atoms in total. The van der Waals surface area contributed by atoms with Gasteiger partial charge in [-0.05, 0) is 66.6 Å². The third kappa shape index (κ3) is 4.09. The van der Waals surface area contributed by atoms with Gasteiger partial charge >= 0.3 is 0 Å². The molecule has 4 aromatic rings. The molecule has 0 saturated heterocycles. The number of benzene rings is 1. The molecule has 0 unspecified atom stereocenters. The number of hydrogen-bond acceptors (Lipinski definition) is 6. The van der Waals surface area contributed by atoms with Crippen molar-refractivity contribution in [1.82, 2.24) is 15.0 Å². The Morgan fingerprint density at radius 3 is 2.72 bits per heavy atom. The van der Waals surface area contributed by atoms with Gasteiger partial charge in [-0.1, -0.05) is 23.7 Å². The molecule has 8 heteroatoms. The van der Waals surface area contributed by atoms with E-state index < -0.39 is 0 Å². The molecule has 1 saturated carbocycles. The summed E-state index contributed by atoms with van der Waals surface area (Å²) in [7, 11) is 0. The van der Waals surface area contributed by atoms with Crippen molar-refractivity contribution >= 4 is 34.1 Å². The average Bonchev–Trinajstić information content (AvgIpc) is 3.63. The lowest BCUT2D eigenvalue weighted by Crippen LogP contribution is -2.31. The standard InChI is InChI=1S/C28H22ClN5O2/c1-16-26(9-20(12-31-16)18-3-4-18)34(28(35)19-5-6-21(10-30)32-11-19)13-17-2-7-22-23-14-36-15-24(23)27(29)33-25(22)8-17/h2,5-9,11-12,18H,3-4,13-15H2,1H3. The van der Waals surface area contributed by atoms with E-state index in [1.807, 2.05) is 37.4 Å². The fraction of sp³-hybridized carbons (Fsp3) is 0.250. The second-order valence-electron chi connectivity index (χ2n) is 9.29. The van der Waals surface area contributed by atoms with E-state index in [-0.39, 0.29) is 11.6 Å². The highest BCUT2D eigenvalue weighted by molar-refractivity contribution is 6.30. The van der Waals surface area contributed by atoms with Crippen LogP contribution in [-0.2, 0) is 24.5 Å². The van der Waals surface area contributed by atoms with Crippen molar-refractivity contribution in [3.8, 4) is 6.07 Å². The van der Waals surface area contributed by atoms with Gasteiger partial charge in [0.25, 0.3) is 5.91 Å². The number of ether oxygens (including phenoxy) is 1. The molecule has 0 N–H and O–H groups in total. The minimum absolute atomic E-state index is 0.210. The maximum absolute atomic E-state index is 13.8. The molecule has 1 amide bonds. The average molecular weight is 496 g/mol. The third-order valence-corrected chi connectivity index (χ3v) is 7.16. The molecule has 4 heterocycles. The summed E-state index contributed by atoms with van der Waals surface area (Å²) in [4.78, 5) is 28.8. The smallest absolute Gasteiger partial charge is 0.260 e. The van der Waals surface area contributed by atoms with Crippen LogP contribution in [-0.4, -0.2) is 20.9 Å². The molecule has 0 atom stereocenters. The van der Waals surface area contributed by atoms with E-state index in [0.29, 0.717) is 36.4 Å². The van der Waals surface area contributed by atoms with Crippen molar-refractivity contribution in [2.24, 2.45) is 0 Å². The van der Waals surface area contributed by atoms with Crippen LogP contribution in [0.1, 0.15) is 62.8 Å². The van der Waals surface area contributed by atoms with Crippen LogP contribution < -0.4 is 4.90 Å². The molecule has 1 aliphatic heterocycles. The van der Waals surface area contributed by atoms with Gasteiger partial charge in [0.2, 0.25) is 0 Å². The van der Waals surface area contributed by atoms with Gasteiger partial charge < -0.3 is 9.64 Å². The molecule has 0 radical (unpaired) electrons. The monoisotopic (exact) mass is 495 g/mol. The normalized spacial score (nSPS) is 14.5. The zero-order chi connectivity index (χ0) is 24.8. The molecule has 2 aliphatic rings. The van der Waals surface area contributed by atoms with Crippen molar-refractivity contribution in [1.29, 1.82) is 5.26 Å². The Morgan fingerprint density at radius 1 is 1.14 bits per heavy atom. The maximum Gasteiger partial charge on any atom is 0.260 e. The fourth-order valence-electron chi connectivity index (χ4n) is 4.69. The summed E-state index contributed by atoms with van der Waals surface area (Å²) < 4.78 is 5.59. The van der Waals surface area contributed by atoms with E-state index >= 15 is 0 Å². The van der Waals surface area contributed by atoms with E-state index in [4.69, 9.17) is 21.6 Å². The Balaban J connectivity index is 1.42. The van der Waals surface area contributed by atoms with Crippen molar-refractivity contribution in [2.45, 2.75) is 45.4 Å². The van der Waals surface area contributed by atoms with Crippen LogP contribution in [0.3, 0.4) is 0 Å². The van der Waals surface area contributed by atoms with Crippen molar-refractivity contribution in [3.05, 3.63) is 93.2 Å². The highest BCUT2D eigenvalue weighted by atomic mass is 35.5. The molecule has 1 aromatic carbocycles. The van der Waals surface area contributed by atoms with Crippen molar-refractivity contribution in [2.75, 3.05) is 4.90 Å². The van der Waals surface area contributed by atoms with Crippen molar-refractivity contribution < 1.29 is 9.53 Å². The zero-order valence-electron chi connectivity index (χ0n) is 19.7. The lowest BCUT2D eigenvalue weighted by molar-refractivity contribution is 0.0984. The van der Waals surface area contributed by atoms with Gasteiger partial charge in [0.15, 0.2) is 0 Å². The summed E-state index contributed by atoms with van der Waals surface area (Å²) in [5.41, 5.74) is 7.06. The lowest BCUT2D eigenvalue weighted by Gasteiger charge is -2.25. The quantitative estimate of drug-likeness (QED) is 0.334. The van der Waals surface area contributed by atoms with E-state index in [9.17, 15) is 4.79 Å². The first-order chi connectivity index (χ1) is 17.5. The number of carbonyl (C=O) groups excluding carboxylic acids is 1. The fourth-order valence-corrected chi connectivity index (χ4v) is 4.95. The number of hydrogen-bond donors (Lipinski definition) is 0. The largest absolute Gasteiger partial charge is 0.372 e. The van der Waals surface area contributed by atoms with Gasteiger partial charge in [0.05, 0.1) is 42.2 Å². The van der Waals surface area contributed by atoms with Crippen LogP contribution in [0.15, 0.2) is 48.8 Å². The molecule has 0 spiro atoms. The van der Waals surface area contributed by atoms with Gasteiger partial charge in [-0.2, -0.15) is 5.26 Å². The van der Waals surface area contributed by atoms with Gasteiger partial charge in [0, 0.05) is 23.3 Å². The number of carbonyl (C=O) groups is 1. The summed E-state index contributed by atoms with van der Waals surface area (Å²) in [5, 5.41) is 10.6. The second-order valence-corrected chi connectivity index (χ2v) is 9.64. The van der Waals surface area contributed by atoms with Crippen LogP contribution in [0.2, 0.25) is 5.15 Å². The number of nitrogens with zero attached hydrogens (tertiary/aromatic N) is 5. The molecule has 1 aliphatic carbocycles. The van der Waals surface area contributed by atoms with E-state index in [1.165, 1.54) is 6.20 Å². The van der Waals surface area contributed by atoms with E-state index in [2.05, 4.69) is 21.0 Å². The Kier molecular flexibility index (Phi) is 5.63. The Bertz CT molecular complexity index is 1560. The van der Waals surface area contributed by atoms with E-state index in [0.717, 1.165) is 57.4 Å². The SMILES string of the molecule is Cc1ncc(C2CC2)cc1N(Cc1ccc2c3c(c(Cl)nc2c1)COC3)C(=O)c1ccc(C#N)nc1. The van der Waals surface area contributed by atoms with Gasteiger partial charge in [-0.3, -0.25) is 9.78 Å². The molecule has 3 aromatic heterocycles. The summed E-state index contributed by atoms with van der Waals surface area (Å²) in [5.74, 6) is 0.292. The predicted molar refractivity (Wildman–Crippen MR) is 136 cm³/mol. The lowest BCUT2D eigenvalue weighted by atomic mass is 10.0. The molecule has 1 fully saturated rings. The highest BCUT2D eigenvalue weighted by Gasteiger charge is 2.27. The summed E-state index contributed by atoms with van der Waals surface area (Å²) >= 11 is 6.44. The molecule has 178 valence electrons. The third-order valence-electron chi connectivity index (χ3n) is 6.84. The maximum atomic E-state index is 13.8. The summed E-state index contributed by atoms with van der Waals surface area (Å²) in [6.45, 7) is 3.22. The molecule has 0 bridgehead atoms.